The summed E-state index contributed by atoms with van der Waals surface area (Å²) in [5.74, 6) is 0. The van der Waals surface area contributed by atoms with Gasteiger partial charge in [0.25, 0.3) is 0 Å². The highest BCUT2D eigenvalue weighted by Crippen LogP contribution is 2.29. The van der Waals surface area contributed by atoms with Gasteiger partial charge in [-0.25, -0.2) is 0 Å². The molecule has 0 saturated carbocycles. The fraction of sp³-hybridized carbons (Fsp3) is 0.562. The molecule has 3 heteroatoms. The van der Waals surface area contributed by atoms with Crippen molar-refractivity contribution in [2.75, 3.05) is 18.5 Å². The van der Waals surface area contributed by atoms with Crippen LogP contribution in [0, 0.1) is 11.3 Å². The molecule has 0 fully saturated rings. The number of benzene rings is 1. The zero-order chi connectivity index (χ0) is 14.3. The van der Waals surface area contributed by atoms with Gasteiger partial charge < -0.3 is 10.2 Å². The van der Waals surface area contributed by atoms with Gasteiger partial charge in [0.1, 0.15) is 0 Å². The first-order chi connectivity index (χ1) is 9.15. The number of nitrogens with one attached hydrogen (secondary N) is 1. The van der Waals surface area contributed by atoms with Crippen molar-refractivity contribution in [3.63, 3.8) is 0 Å². The summed E-state index contributed by atoms with van der Waals surface area (Å²) in [7, 11) is 2.07. The molecule has 1 N–H and O–H groups in total. The van der Waals surface area contributed by atoms with Crippen LogP contribution in [0.2, 0.25) is 0 Å². The Morgan fingerprint density at radius 3 is 2.58 bits per heavy atom. The van der Waals surface area contributed by atoms with E-state index in [0.29, 0.717) is 12.5 Å². The summed E-state index contributed by atoms with van der Waals surface area (Å²) in [6, 6.07) is 11.3. The van der Waals surface area contributed by atoms with E-state index in [0.717, 1.165) is 13.0 Å². The van der Waals surface area contributed by atoms with Gasteiger partial charge in [-0.3, -0.25) is 0 Å². The van der Waals surface area contributed by atoms with Gasteiger partial charge in [0.05, 0.1) is 12.5 Å². The molecule has 104 valence electrons. The van der Waals surface area contributed by atoms with E-state index in [-0.39, 0.29) is 6.04 Å². The van der Waals surface area contributed by atoms with Crippen molar-refractivity contribution in [3.05, 3.63) is 29.8 Å². The van der Waals surface area contributed by atoms with Gasteiger partial charge >= 0.3 is 0 Å². The molecule has 0 aliphatic carbocycles. The third-order valence-corrected chi connectivity index (χ3v) is 3.60. The molecule has 19 heavy (non-hydrogen) atoms. The summed E-state index contributed by atoms with van der Waals surface area (Å²) < 4.78 is 0. The van der Waals surface area contributed by atoms with E-state index in [2.05, 4.69) is 68.4 Å². The van der Waals surface area contributed by atoms with Gasteiger partial charge in [0, 0.05) is 24.8 Å². The van der Waals surface area contributed by atoms with E-state index in [1.165, 1.54) is 11.3 Å². The molecule has 0 spiro atoms. The molecule has 2 atom stereocenters. The lowest BCUT2D eigenvalue weighted by Gasteiger charge is -2.30. The molecule has 0 aromatic heterocycles. The Labute approximate surface area is 117 Å². The summed E-state index contributed by atoms with van der Waals surface area (Å²) in [4.78, 5) is 2.21. The third-order valence-electron chi connectivity index (χ3n) is 3.60. The second-order valence-corrected chi connectivity index (χ2v) is 4.90. The van der Waals surface area contributed by atoms with E-state index in [1.807, 2.05) is 0 Å². The molecule has 3 nitrogen and oxygen atoms in total. The summed E-state index contributed by atoms with van der Waals surface area (Å²) in [6.45, 7) is 7.38. The Morgan fingerprint density at radius 2 is 2.00 bits per heavy atom. The Hall–Kier alpha value is -1.53. The number of nitrogens with zero attached hydrogens (tertiary/aromatic N) is 2. The second kappa shape index (κ2) is 7.81. The number of para-hydroxylation sites is 1. The first-order valence-corrected chi connectivity index (χ1v) is 7.07. The van der Waals surface area contributed by atoms with E-state index < -0.39 is 0 Å². The lowest BCUT2D eigenvalue weighted by atomic mass is 10.0. The lowest BCUT2D eigenvalue weighted by Crippen LogP contribution is -2.31. The van der Waals surface area contributed by atoms with Crippen molar-refractivity contribution < 1.29 is 0 Å². The fourth-order valence-electron chi connectivity index (χ4n) is 2.33. The maximum atomic E-state index is 8.85. The summed E-state index contributed by atoms with van der Waals surface area (Å²) in [6.07, 6.45) is 1.61. The number of anilines is 1. The van der Waals surface area contributed by atoms with Crippen molar-refractivity contribution in [3.8, 4) is 6.07 Å². The first-order valence-electron chi connectivity index (χ1n) is 7.07. The maximum Gasteiger partial charge on any atom is 0.0643 e. The van der Waals surface area contributed by atoms with Crippen molar-refractivity contribution in [2.24, 2.45) is 0 Å². The smallest absolute Gasteiger partial charge is 0.0643 e. The van der Waals surface area contributed by atoms with Crippen LogP contribution in [0.3, 0.4) is 0 Å². The molecule has 0 saturated heterocycles. The summed E-state index contributed by atoms with van der Waals surface area (Å²) in [5, 5.41) is 12.4. The highest BCUT2D eigenvalue weighted by atomic mass is 15.1. The van der Waals surface area contributed by atoms with Crippen LogP contribution in [0.25, 0.3) is 0 Å². The van der Waals surface area contributed by atoms with Gasteiger partial charge in [-0.1, -0.05) is 32.0 Å². The predicted molar refractivity (Wildman–Crippen MR) is 81.2 cm³/mol. The van der Waals surface area contributed by atoms with Gasteiger partial charge in [-0.05, 0) is 31.5 Å². The van der Waals surface area contributed by atoms with Crippen molar-refractivity contribution in [1.29, 1.82) is 5.26 Å². The Balaban J connectivity index is 3.04. The average molecular weight is 259 g/mol. The molecule has 1 rings (SSSR count). The van der Waals surface area contributed by atoms with Crippen LogP contribution in [-0.2, 0) is 0 Å². The number of rotatable bonds is 7. The minimum Gasteiger partial charge on any atom is -0.371 e. The normalized spacial score (nSPS) is 13.6. The molecule has 0 radical (unpaired) electrons. The van der Waals surface area contributed by atoms with E-state index >= 15 is 0 Å². The highest BCUT2D eigenvalue weighted by Gasteiger charge is 2.17. The second-order valence-electron chi connectivity index (χ2n) is 4.90. The summed E-state index contributed by atoms with van der Waals surface area (Å²) in [5.41, 5.74) is 2.54. The van der Waals surface area contributed by atoms with E-state index in [9.17, 15) is 0 Å². The van der Waals surface area contributed by atoms with Crippen LogP contribution < -0.4 is 10.2 Å². The molecular weight excluding hydrogens is 234 g/mol. The average Bonchev–Trinajstić information content (AvgIpc) is 2.44. The van der Waals surface area contributed by atoms with Crippen LogP contribution in [0.5, 0.6) is 0 Å². The molecule has 2 unspecified atom stereocenters. The van der Waals surface area contributed by atoms with Gasteiger partial charge in [0.2, 0.25) is 0 Å². The minimum absolute atomic E-state index is 0.227. The number of nitriles is 1. The van der Waals surface area contributed by atoms with Crippen molar-refractivity contribution >= 4 is 5.69 Å². The summed E-state index contributed by atoms with van der Waals surface area (Å²) >= 11 is 0. The zero-order valence-corrected chi connectivity index (χ0v) is 12.5. The fourth-order valence-corrected chi connectivity index (χ4v) is 2.33. The molecule has 0 aliphatic heterocycles. The minimum atomic E-state index is 0.227. The van der Waals surface area contributed by atoms with Crippen molar-refractivity contribution in [2.45, 2.75) is 45.7 Å². The SMILES string of the molecule is CCNC(CC)c1ccccc1N(C)C(C)CC#N. The molecule has 0 aliphatic rings. The Kier molecular flexibility index (Phi) is 6.38. The standard InChI is InChI=1S/C16H25N3/c1-5-15(18-6-2)14-9-7-8-10-16(14)19(4)13(3)11-12-17/h7-10,13,15,18H,5-6,11H2,1-4H3. The zero-order valence-electron chi connectivity index (χ0n) is 12.5. The van der Waals surface area contributed by atoms with Gasteiger partial charge in [-0.2, -0.15) is 5.26 Å². The van der Waals surface area contributed by atoms with Crippen LogP contribution in [0.15, 0.2) is 24.3 Å². The Morgan fingerprint density at radius 1 is 1.32 bits per heavy atom. The van der Waals surface area contributed by atoms with Crippen LogP contribution in [0.1, 0.15) is 45.2 Å². The van der Waals surface area contributed by atoms with Crippen LogP contribution in [0.4, 0.5) is 5.69 Å². The quantitative estimate of drug-likeness (QED) is 0.814. The largest absolute Gasteiger partial charge is 0.371 e. The van der Waals surface area contributed by atoms with Crippen molar-refractivity contribution in [1.82, 2.24) is 5.32 Å². The van der Waals surface area contributed by atoms with Crippen LogP contribution >= 0.6 is 0 Å². The molecule has 0 amide bonds. The monoisotopic (exact) mass is 259 g/mol. The maximum absolute atomic E-state index is 8.85. The van der Waals surface area contributed by atoms with Crippen LogP contribution in [-0.4, -0.2) is 19.6 Å². The molecular formula is C16H25N3. The lowest BCUT2D eigenvalue weighted by molar-refractivity contribution is 0.535. The predicted octanol–water partition coefficient (Wildman–Crippen LogP) is 3.49. The molecule has 1 aromatic rings. The molecule has 0 heterocycles. The van der Waals surface area contributed by atoms with Gasteiger partial charge in [0.15, 0.2) is 0 Å². The molecule has 0 bridgehead atoms. The van der Waals surface area contributed by atoms with E-state index in [1.54, 1.807) is 0 Å². The Bertz CT molecular complexity index is 422. The first kappa shape index (κ1) is 15.5. The van der Waals surface area contributed by atoms with Gasteiger partial charge in [-0.15, -0.1) is 0 Å². The third kappa shape index (κ3) is 3.97. The number of hydrogen-bond acceptors (Lipinski definition) is 3. The molecule has 1 aromatic carbocycles. The number of hydrogen-bond donors (Lipinski definition) is 1. The highest BCUT2D eigenvalue weighted by molar-refractivity contribution is 5.55. The van der Waals surface area contributed by atoms with E-state index in [4.69, 9.17) is 5.26 Å². The topological polar surface area (TPSA) is 39.1 Å².